The Bertz CT molecular complexity index is 633. The van der Waals surface area contributed by atoms with Gasteiger partial charge in [-0.3, -0.25) is 0 Å². The lowest BCUT2D eigenvalue weighted by atomic mass is 10.1. The van der Waals surface area contributed by atoms with Crippen LogP contribution in [-0.4, -0.2) is 66.5 Å². The van der Waals surface area contributed by atoms with Gasteiger partial charge in [-0.1, -0.05) is 0 Å². The molecule has 0 aliphatic carbocycles. The van der Waals surface area contributed by atoms with E-state index in [-0.39, 0.29) is 6.61 Å². The Morgan fingerprint density at radius 3 is 2.81 bits per heavy atom. The summed E-state index contributed by atoms with van der Waals surface area (Å²) < 4.78 is 6.85. The first kappa shape index (κ1) is 14.1. The molecule has 1 saturated heterocycles. The zero-order valence-corrected chi connectivity index (χ0v) is 11.4. The molecule has 0 radical (unpaired) electrons. The Balaban J connectivity index is 2.00. The zero-order valence-electron chi connectivity index (χ0n) is 11.4. The number of anilines is 1. The van der Waals surface area contributed by atoms with Gasteiger partial charge in [0.25, 0.3) is 0 Å². The molecule has 0 saturated carbocycles. The van der Waals surface area contributed by atoms with E-state index in [0.29, 0.717) is 23.4 Å². The number of aromatic nitrogens is 4. The van der Waals surface area contributed by atoms with Gasteiger partial charge in [-0.15, -0.1) is 0 Å². The summed E-state index contributed by atoms with van der Waals surface area (Å²) in [5.41, 5.74) is 0.482. The first-order valence-electron chi connectivity index (χ1n) is 6.72. The fourth-order valence-electron chi connectivity index (χ4n) is 2.44. The number of ether oxygens (including phenoxy) is 1. The molecule has 3 rings (SSSR count). The standard InChI is InChI=1S/C12H17N5O4/c1-2-13-10-6-3-16-17(11(6)15-5-14-10)12-9(20)8(19)7(4-18)21-12/h3,5,7-9,12,18-20H,2,4H2,1H3,(H,13,14,15)/t7-,8-,9-,12?/m1/s1. The molecule has 3 heterocycles. The lowest BCUT2D eigenvalue weighted by Crippen LogP contribution is -2.33. The maximum absolute atomic E-state index is 10.1. The average molecular weight is 295 g/mol. The largest absolute Gasteiger partial charge is 0.394 e. The average Bonchev–Trinajstić information content (AvgIpc) is 3.03. The molecular weight excluding hydrogens is 278 g/mol. The number of nitrogens with one attached hydrogen (secondary N) is 1. The van der Waals surface area contributed by atoms with E-state index in [1.807, 2.05) is 6.92 Å². The molecule has 1 aliphatic heterocycles. The third-order valence-corrected chi connectivity index (χ3v) is 3.49. The number of rotatable bonds is 4. The predicted molar refractivity (Wildman–Crippen MR) is 72.5 cm³/mol. The van der Waals surface area contributed by atoms with Crippen molar-refractivity contribution in [2.75, 3.05) is 18.5 Å². The molecule has 0 bridgehead atoms. The summed E-state index contributed by atoms with van der Waals surface area (Å²) in [7, 11) is 0. The highest BCUT2D eigenvalue weighted by Gasteiger charge is 2.44. The molecule has 9 heteroatoms. The van der Waals surface area contributed by atoms with Crippen LogP contribution in [0.4, 0.5) is 5.82 Å². The van der Waals surface area contributed by atoms with E-state index in [4.69, 9.17) is 9.84 Å². The molecule has 1 unspecified atom stereocenters. The Morgan fingerprint density at radius 1 is 1.33 bits per heavy atom. The lowest BCUT2D eigenvalue weighted by molar-refractivity contribution is -0.0566. The van der Waals surface area contributed by atoms with E-state index in [2.05, 4.69) is 20.4 Å². The summed E-state index contributed by atoms with van der Waals surface area (Å²) in [6, 6.07) is 0. The van der Waals surface area contributed by atoms with Crippen molar-refractivity contribution in [3.63, 3.8) is 0 Å². The molecule has 4 atom stereocenters. The van der Waals surface area contributed by atoms with Crippen LogP contribution < -0.4 is 5.32 Å². The van der Waals surface area contributed by atoms with Crippen LogP contribution >= 0.6 is 0 Å². The summed E-state index contributed by atoms with van der Waals surface area (Å²) in [4.78, 5) is 8.29. The maximum atomic E-state index is 10.1. The molecular formula is C12H17N5O4. The highest BCUT2D eigenvalue weighted by molar-refractivity contribution is 5.86. The first-order chi connectivity index (χ1) is 10.2. The number of hydrogen-bond donors (Lipinski definition) is 4. The summed E-state index contributed by atoms with van der Waals surface area (Å²) in [6.45, 7) is 2.26. The van der Waals surface area contributed by atoms with Gasteiger partial charge in [-0.25, -0.2) is 14.6 Å². The molecule has 2 aromatic heterocycles. The van der Waals surface area contributed by atoms with Crippen molar-refractivity contribution < 1.29 is 20.1 Å². The molecule has 0 aromatic carbocycles. The van der Waals surface area contributed by atoms with E-state index in [1.165, 1.54) is 11.0 Å². The van der Waals surface area contributed by atoms with Crippen molar-refractivity contribution in [2.24, 2.45) is 0 Å². The van der Waals surface area contributed by atoms with E-state index in [9.17, 15) is 10.2 Å². The van der Waals surface area contributed by atoms with Gasteiger partial charge in [-0.2, -0.15) is 5.10 Å². The van der Waals surface area contributed by atoms with Crippen LogP contribution in [0.3, 0.4) is 0 Å². The number of aliphatic hydroxyl groups is 3. The molecule has 0 spiro atoms. The fourth-order valence-corrected chi connectivity index (χ4v) is 2.44. The van der Waals surface area contributed by atoms with Crippen molar-refractivity contribution in [3.05, 3.63) is 12.5 Å². The van der Waals surface area contributed by atoms with Gasteiger partial charge in [0, 0.05) is 6.54 Å². The summed E-state index contributed by atoms with van der Waals surface area (Å²) in [6.07, 6.45) is -1.16. The van der Waals surface area contributed by atoms with Gasteiger partial charge in [-0.05, 0) is 6.92 Å². The van der Waals surface area contributed by atoms with Gasteiger partial charge < -0.3 is 25.4 Å². The molecule has 1 aliphatic rings. The second-order valence-electron chi connectivity index (χ2n) is 4.81. The van der Waals surface area contributed by atoms with Crippen LogP contribution in [-0.2, 0) is 4.74 Å². The summed E-state index contributed by atoms with van der Waals surface area (Å²) in [5.74, 6) is 0.639. The van der Waals surface area contributed by atoms with Gasteiger partial charge in [0.15, 0.2) is 11.9 Å². The quantitative estimate of drug-likeness (QED) is 0.558. The van der Waals surface area contributed by atoms with E-state index in [0.717, 1.165) is 0 Å². The summed E-state index contributed by atoms with van der Waals surface area (Å²) in [5, 5.41) is 37.0. The monoisotopic (exact) mass is 295 g/mol. The highest BCUT2D eigenvalue weighted by Crippen LogP contribution is 2.31. The smallest absolute Gasteiger partial charge is 0.181 e. The Morgan fingerprint density at radius 2 is 2.14 bits per heavy atom. The highest BCUT2D eigenvalue weighted by atomic mass is 16.6. The van der Waals surface area contributed by atoms with Gasteiger partial charge >= 0.3 is 0 Å². The first-order valence-corrected chi connectivity index (χ1v) is 6.72. The SMILES string of the molecule is CCNc1ncnc2c1cnn2C1O[C@H](CO)[C@@H](O)[C@H]1O. The third kappa shape index (κ3) is 2.23. The van der Waals surface area contributed by atoms with Crippen molar-refractivity contribution in [1.82, 2.24) is 19.7 Å². The van der Waals surface area contributed by atoms with Gasteiger partial charge in [0.2, 0.25) is 0 Å². The normalized spacial score (nSPS) is 29.1. The third-order valence-electron chi connectivity index (χ3n) is 3.49. The number of aliphatic hydroxyl groups excluding tert-OH is 3. The Kier molecular flexibility index (Phi) is 3.72. The van der Waals surface area contributed by atoms with E-state index in [1.54, 1.807) is 6.20 Å². The van der Waals surface area contributed by atoms with Crippen LogP contribution in [0.2, 0.25) is 0 Å². The molecule has 9 nitrogen and oxygen atoms in total. The zero-order chi connectivity index (χ0) is 15.0. The Labute approximate surface area is 120 Å². The molecule has 0 amide bonds. The lowest BCUT2D eigenvalue weighted by Gasteiger charge is -2.15. The minimum Gasteiger partial charge on any atom is -0.394 e. The number of nitrogens with zero attached hydrogens (tertiary/aromatic N) is 4. The van der Waals surface area contributed by atoms with Crippen molar-refractivity contribution in [1.29, 1.82) is 0 Å². The molecule has 21 heavy (non-hydrogen) atoms. The van der Waals surface area contributed by atoms with Crippen LogP contribution in [0.1, 0.15) is 13.2 Å². The maximum Gasteiger partial charge on any atom is 0.181 e. The van der Waals surface area contributed by atoms with E-state index >= 15 is 0 Å². The number of hydrogen-bond acceptors (Lipinski definition) is 8. The molecule has 1 fully saturated rings. The van der Waals surface area contributed by atoms with Crippen molar-refractivity contribution in [2.45, 2.75) is 31.5 Å². The second-order valence-corrected chi connectivity index (χ2v) is 4.81. The van der Waals surface area contributed by atoms with Crippen LogP contribution in [0.15, 0.2) is 12.5 Å². The molecule has 114 valence electrons. The topological polar surface area (TPSA) is 126 Å². The predicted octanol–water partition coefficient (Wildman–Crippen LogP) is -1.13. The minimum atomic E-state index is -1.19. The van der Waals surface area contributed by atoms with Crippen molar-refractivity contribution in [3.8, 4) is 0 Å². The summed E-state index contributed by atoms with van der Waals surface area (Å²) >= 11 is 0. The van der Waals surface area contributed by atoms with Gasteiger partial charge in [0.1, 0.15) is 30.5 Å². The fraction of sp³-hybridized carbons (Fsp3) is 0.583. The second kappa shape index (κ2) is 5.53. The Hall–Kier alpha value is -1.81. The van der Waals surface area contributed by atoms with Gasteiger partial charge in [0.05, 0.1) is 18.2 Å². The number of fused-ring (bicyclic) bond motifs is 1. The van der Waals surface area contributed by atoms with Crippen LogP contribution in [0.25, 0.3) is 11.0 Å². The van der Waals surface area contributed by atoms with Crippen LogP contribution in [0, 0.1) is 0 Å². The van der Waals surface area contributed by atoms with Crippen molar-refractivity contribution >= 4 is 16.9 Å². The minimum absolute atomic E-state index is 0.383. The van der Waals surface area contributed by atoms with E-state index < -0.39 is 24.5 Å². The van der Waals surface area contributed by atoms with Crippen LogP contribution in [0.5, 0.6) is 0 Å². The molecule has 4 N–H and O–H groups in total. The molecule has 2 aromatic rings.